The van der Waals surface area contributed by atoms with E-state index in [1.165, 1.54) is 0 Å². The molecule has 2 aliphatic rings. The van der Waals surface area contributed by atoms with Crippen LogP contribution in [0.15, 0.2) is 6.07 Å². The van der Waals surface area contributed by atoms with Crippen LogP contribution in [-0.2, 0) is 16.6 Å². The SMILES string of the molecule is CC(C)c1c(O)cc2c(c1O)CCC1C(C)[C@@H](C(=O)O)CC[C@]21C. The predicted octanol–water partition coefficient (Wildman–Crippen LogP) is 4.17. The maximum Gasteiger partial charge on any atom is 0.306 e. The summed E-state index contributed by atoms with van der Waals surface area (Å²) >= 11 is 0. The van der Waals surface area contributed by atoms with Crippen molar-refractivity contribution in [2.45, 2.75) is 64.7 Å². The van der Waals surface area contributed by atoms with E-state index in [0.717, 1.165) is 30.4 Å². The molecule has 0 aliphatic heterocycles. The molecular weight excluding hydrogens is 304 g/mol. The van der Waals surface area contributed by atoms with Gasteiger partial charge in [0.15, 0.2) is 0 Å². The Balaban J connectivity index is 2.10. The summed E-state index contributed by atoms with van der Waals surface area (Å²) in [5.74, 6) is -0.156. The number of carboxylic acid groups (broad SMARTS) is 1. The summed E-state index contributed by atoms with van der Waals surface area (Å²) in [6.07, 6.45) is 3.07. The summed E-state index contributed by atoms with van der Waals surface area (Å²) in [4.78, 5) is 11.5. The molecule has 1 saturated carbocycles. The van der Waals surface area contributed by atoms with Crippen LogP contribution in [-0.4, -0.2) is 21.3 Å². The van der Waals surface area contributed by atoms with Gasteiger partial charge in [-0.3, -0.25) is 4.79 Å². The number of phenols is 2. The number of carboxylic acids is 1. The van der Waals surface area contributed by atoms with Gasteiger partial charge in [0, 0.05) is 5.56 Å². The zero-order valence-electron chi connectivity index (χ0n) is 15.0. The van der Waals surface area contributed by atoms with Crippen molar-refractivity contribution in [3.05, 3.63) is 22.8 Å². The molecule has 132 valence electrons. The molecule has 0 heterocycles. The first kappa shape index (κ1) is 17.1. The van der Waals surface area contributed by atoms with Crippen molar-refractivity contribution in [2.75, 3.05) is 0 Å². The molecule has 0 radical (unpaired) electrons. The van der Waals surface area contributed by atoms with Gasteiger partial charge in [0.25, 0.3) is 0 Å². The Morgan fingerprint density at radius 1 is 1.29 bits per heavy atom. The number of aliphatic carboxylic acids is 1. The molecule has 1 aromatic carbocycles. The number of fused-ring (bicyclic) bond motifs is 3. The number of carbonyl (C=O) groups is 1. The molecule has 0 bridgehead atoms. The quantitative estimate of drug-likeness (QED) is 0.759. The highest BCUT2D eigenvalue weighted by atomic mass is 16.4. The van der Waals surface area contributed by atoms with Gasteiger partial charge in [0.05, 0.1) is 5.92 Å². The van der Waals surface area contributed by atoms with Crippen molar-refractivity contribution in [2.24, 2.45) is 17.8 Å². The highest BCUT2D eigenvalue weighted by Gasteiger charge is 2.50. The Morgan fingerprint density at radius 3 is 2.54 bits per heavy atom. The maximum atomic E-state index is 11.5. The third kappa shape index (κ3) is 2.30. The second kappa shape index (κ2) is 5.68. The highest BCUT2D eigenvalue weighted by Crippen LogP contribution is 2.56. The molecule has 0 amide bonds. The summed E-state index contributed by atoms with van der Waals surface area (Å²) in [5.41, 5.74) is 2.43. The molecule has 0 saturated heterocycles. The largest absolute Gasteiger partial charge is 0.508 e. The first-order valence-corrected chi connectivity index (χ1v) is 8.99. The molecule has 4 heteroatoms. The molecule has 2 aliphatic carbocycles. The molecule has 0 aromatic heterocycles. The van der Waals surface area contributed by atoms with E-state index < -0.39 is 5.97 Å². The number of phenolic OH excluding ortho intramolecular Hbond substituents is 2. The van der Waals surface area contributed by atoms with Crippen molar-refractivity contribution in [1.29, 1.82) is 0 Å². The standard InChI is InChI=1S/C20H28O4/c1-10(2)17-16(21)9-15-13(18(17)22)5-6-14-11(3)12(19(23)24)7-8-20(14,15)4/h9-12,14,21-22H,5-8H2,1-4H3,(H,23,24)/t11?,12-,14?,20-/m0/s1. The fourth-order valence-corrected chi connectivity index (χ4v) is 5.37. The Kier molecular flexibility index (Phi) is 4.05. The van der Waals surface area contributed by atoms with E-state index in [1.807, 2.05) is 26.8 Å². The highest BCUT2D eigenvalue weighted by molar-refractivity contribution is 5.71. The normalized spacial score (nSPS) is 32.3. The monoisotopic (exact) mass is 332 g/mol. The van der Waals surface area contributed by atoms with Crippen molar-refractivity contribution in [1.82, 2.24) is 0 Å². The number of hydrogen-bond acceptors (Lipinski definition) is 3. The van der Waals surface area contributed by atoms with Crippen molar-refractivity contribution >= 4 is 5.97 Å². The van der Waals surface area contributed by atoms with Gasteiger partial charge in [-0.1, -0.05) is 27.7 Å². The van der Waals surface area contributed by atoms with E-state index in [1.54, 1.807) is 0 Å². The van der Waals surface area contributed by atoms with Gasteiger partial charge in [0.2, 0.25) is 0 Å². The fraction of sp³-hybridized carbons (Fsp3) is 0.650. The van der Waals surface area contributed by atoms with Crippen molar-refractivity contribution < 1.29 is 20.1 Å². The minimum absolute atomic E-state index is 0.0579. The summed E-state index contributed by atoms with van der Waals surface area (Å²) in [5, 5.41) is 30.7. The van der Waals surface area contributed by atoms with Gasteiger partial charge in [0.1, 0.15) is 11.5 Å². The molecule has 0 spiro atoms. The Bertz CT molecular complexity index is 679. The predicted molar refractivity (Wildman–Crippen MR) is 92.5 cm³/mol. The molecule has 1 fully saturated rings. The summed E-state index contributed by atoms with van der Waals surface area (Å²) in [7, 11) is 0. The first-order valence-electron chi connectivity index (χ1n) is 8.99. The van der Waals surface area contributed by atoms with Crippen LogP contribution in [0.2, 0.25) is 0 Å². The first-order chi connectivity index (χ1) is 11.2. The lowest BCUT2D eigenvalue weighted by atomic mass is 9.52. The molecule has 3 rings (SSSR count). The number of aromatic hydroxyl groups is 2. The smallest absolute Gasteiger partial charge is 0.306 e. The number of hydrogen-bond donors (Lipinski definition) is 3. The topological polar surface area (TPSA) is 77.8 Å². The van der Waals surface area contributed by atoms with Gasteiger partial charge >= 0.3 is 5.97 Å². The van der Waals surface area contributed by atoms with Gasteiger partial charge in [-0.05, 0) is 66.0 Å². The van der Waals surface area contributed by atoms with Gasteiger partial charge < -0.3 is 15.3 Å². The summed E-state index contributed by atoms with van der Waals surface area (Å²) in [6.45, 7) is 8.16. The average Bonchev–Trinajstić information content (AvgIpc) is 2.47. The van der Waals surface area contributed by atoms with Crippen molar-refractivity contribution in [3.8, 4) is 11.5 Å². The molecule has 2 unspecified atom stereocenters. The average molecular weight is 332 g/mol. The molecule has 4 atom stereocenters. The zero-order valence-corrected chi connectivity index (χ0v) is 15.0. The van der Waals surface area contributed by atoms with E-state index in [9.17, 15) is 20.1 Å². The number of benzene rings is 1. The third-order valence-corrected chi connectivity index (χ3v) is 6.70. The van der Waals surface area contributed by atoms with E-state index in [0.29, 0.717) is 12.0 Å². The molecule has 3 N–H and O–H groups in total. The van der Waals surface area contributed by atoms with Crippen LogP contribution in [0.4, 0.5) is 0 Å². The molecule has 1 aromatic rings. The van der Waals surface area contributed by atoms with Crippen LogP contribution in [0.3, 0.4) is 0 Å². The molecular formula is C20H28O4. The van der Waals surface area contributed by atoms with Crippen LogP contribution in [0.5, 0.6) is 11.5 Å². The summed E-state index contributed by atoms with van der Waals surface area (Å²) in [6, 6.07) is 1.84. The lowest BCUT2D eigenvalue weighted by molar-refractivity contribution is -0.147. The van der Waals surface area contributed by atoms with Crippen LogP contribution in [0, 0.1) is 17.8 Å². The van der Waals surface area contributed by atoms with E-state index >= 15 is 0 Å². The summed E-state index contributed by atoms with van der Waals surface area (Å²) < 4.78 is 0. The number of rotatable bonds is 2. The van der Waals surface area contributed by atoms with E-state index in [2.05, 4.69) is 6.92 Å². The Labute approximate surface area is 143 Å². The van der Waals surface area contributed by atoms with E-state index in [-0.39, 0.29) is 40.6 Å². The van der Waals surface area contributed by atoms with Crippen LogP contribution in [0.25, 0.3) is 0 Å². The minimum atomic E-state index is -0.698. The molecule has 24 heavy (non-hydrogen) atoms. The Morgan fingerprint density at radius 2 is 1.96 bits per heavy atom. The van der Waals surface area contributed by atoms with Crippen molar-refractivity contribution in [3.63, 3.8) is 0 Å². The molecule has 4 nitrogen and oxygen atoms in total. The minimum Gasteiger partial charge on any atom is -0.508 e. The fourth-order valence-electron chi connectivity index (χ4n) is 5.37. The van der Waals surface area contributed by atoms with Crippen LogP contribution in [0.1, 0.15) is 69.6 Å². The second-order valence-electron chi connectivity index (χ2n) is 8.24. The lowest BCUT2D eigenvalue weighted by Crippen LogP contribution is -2.48. The zero-order chi connectivity index (χ0) is 17.8. The van der Waals surface area contributed by atoms with Gasteiger partial charge in [-0.25, -0.2) is 0 Å². The van der Waals surface area contributed by atoms with Crippen LogP contribution < -0.4 is 0 Å². The second-order valence-corrected chi connectivity index (χ2v) is 8.24. The maximum absolute atomic E-state index is 11.5. The third-order valence-electron chi connectivity index (χ3n) is 6.70. The van der Waals surface area contributed by atoms with E-state index in [4.69, 9.17) is 0 Å². The lowest BCUT2D eigenvalue weighted by Gasteiger charge is -2.51. The Hall–Kier alpha value is -1.71. The van der Waals surface area contributed by atoms with Gasteiger partial charge in [-0.15, -0.1) is 0 Å². The van der Waals surface area contributed by atoms with Gasteiger partial charge in [-0.2, -0.15) is 0 Å². The van der Waals surface area contributed by atoms with Crippen LogP contribution >= 0.6 is 0 Å².